The number of carbonyl (C=O) groups excluding carboxylic acids is 2. The van der Waals surface area contributed by atoms with Crippen LogP contribution >= 0.6 is 11.6 Å². The number of nitrogens with two attached hydrogens (primary N) is 1. The summed E-state index contributed by atoms with van der Waals surface area (Å²) in [6, 6.07) is 12.0. The Kier molecular flexibility index (Phi) is 5.14. The van der Waals surface area contributed by atoms with Gasteiger partial charge in [0.05, 0.1) is 19.0 Å². The lowest BCUT2D eigenvalue weighted by molar-refractivity contribution is 0.0602. The Bertz CT molecular complexity index is 1010. The van der Waals surface area contributed by atoms with E-state index in [1.807, 2.05) is 13.0 Å². The third kappa shape index (κ3) is 3.78. The second-order valence-corrected chi connectivity index (χ2v) is 6.22. The molecular formula is C19H17ClN4O3. The van der Waals surface area contributed by atoms with Crippen LogP contribution in [0, 0.1) is 6.92 Å². The van der Waals surface area contributed by atoms with Crippen molar-refractivity contribution in [2.45, 2.75) is 6.92 Å². The SMILES string of the molecule is COC(=O)c1cnn(-c2ccc(C(=O)Nc3ccc(C)c(Cl)c3)cc2)c1N. The van der Waals surface area contributed by atoms with Gasteiger partial charge in [0, 0.05) is 16.3 Å². The zero-order valence-electron chi connectivity index (χ0n) is 14.7. The molecule has 3 rings (SSSR count). The second-order valence-electron chi connectivity index (χ2n) is 5.81. The quantitative estimate of drug-likeness (QED) is 0.671. The highest BCUT2D eigenvalue weighted by Crippen LogP contribution is 2.21. The smallest absolute Gasteiger partial charge is 0.343 e. The lowest BCUT2D eigenvalue weighted by Crippen LogP contribution is -2.12. The van der Waals surface area contributed by atoms with Crippen molar-refractivity contribution in [3.05, 3.63) is 70.4 Å². The fourth-order valence-electron chi connectivity index (χ4n) is 2.46. The number of aryl methyl sites for hydroxylation is 1. The van der Waals surface area contributed by atoms with Gasteiger partial charge in [0.15, 0.2) is 0 Å². The molecule has 0 atom stereocenters. The van der Waals surface area contributed by atoms with Crippen molar-refractivity contribution in [2.24, 2.45) is 0 Å². The van der Waals surface area contributed by atoms with Gasteiger partial charge in [0.25, 0.3) is 5.91 Å². The lowest BCUT2D eigenvalue weighted by Gasteiger charge is -2.08. The van der Waals surface area contributed by atoms with Crippen molar-refractivity contribution < 1.29 is 14.3 Å². The van der Waals surface area contributed by atoms with Gasteiger partial charge >= 0.3 is 5.97 Å². The number of nitrogens with zero attached hydrogens (tertiary/aromatic N) is 2. The molecule has 0 spiro atoms. The van der Waals surface area contributed by atoms with Crippen LogP contribution < -0.4 is 11.1 Å². The number of hydrogen-bond acceptors (Lipinski definition) is 5. The average molecular weight is 385 g/mol. The van der Waals surface area contributed by atoms with Gasteiger partial charge in [-0.25, -0.2) is 9.48 Å². The Hall–Kier alpha value is -3.32. The van der Waals surface area contributed by atoms with E-state index in [2.05, 4.69) is 15.2 Å². The maximum atomic E-state index is 12.4. The molecule has 1 amide bonds. The van der Waals surface area contributed by atoms with Crippen LogP contribution in [0.15, 0.2) is 48.7 Å². The molecule has 0 aliphatic rings. The van der Waals surface area contributed by atoms with Gasteiger partial charge in [-0.2, -0.15) is 5.10 Å². The molecule has 3 aromatic rings. The normalized spacial score (nSPS) is 10.5. The number of nitrogens with one attached hydrogen (secondary N) is 1. The van der Waals surface area contributed by atoms with Crippen LogP contribution in [0.25, 0.3) is 5.69 Å². The van der Waals surface area contributed by atoms with E-state index < -0.39 is 5.97 Å². The number of halogens is 1. The highest BCUT2D eigenvalue weighted by atomic mass is 35.5. The number of carbonyl (C=O) groups is 2. The minimum Gasteiger partial charge on any atom is -0.465 e. The zero-order valence-corrected chi connectivity index (χ0v) is 15.4. The summed E-state index contributed by atoms with van der Waals surface area (Å²) in [6.07, 6.45) is 1.34. The maximum Gasteiger partial charge on any atom is 0.343 e. The number of methoxy groups -OCH3 is 1. The number of ether oxygens (including phenoxy) is 1. The van der Waals surface area contributed by atoms with E-state index in [4.69, 9.17) is 17.3 Å². The van der Waals surface area contributed by atoms with Crippen LogP contribution in [0.4, 0.5) is 11.5 Å². The summed E-state index contributed by atoms with van der Waals surface area (Å²) in [5, 5.41) is 7.46. The number of rotatable bonds is 4. The van der Waals surface area contributed by atoms with Crippen molar-refractivity contribution in [3.63, 3.8) is 0 Å². The van der Waals surface area contributed by atoms with E-state index in [-0.39, 0.29) is 17.3 Å². The third-order valence-corrected chi connectivity index (χ3v) is 4.42. The van der Waals surface area contributed by atoms with E-state index in [1.165, 1.54) is 18.0 Å². The molecule has 0 saturated heterocycles. The molecule has 3 N–H and O–H groups in total. The van der Waals surface area contributed by atoms with Crippen LogP contribution in [0.5, 0.6) is 0 Å². The fraction of sp³-hybridized carbons (Fsp3) is 0.105. The molecule has 138 valence electrons. The van der Waals surface area contributed by atoms with E-state index in [1.54, 1.807) is 36.4 Å². The Morgan fingerprint density at radius 1 is 1.19 bits per heavy atom. The van der Waals surface area contributed by atoms with Gasteiger partial charge in [0.1, 0.15) is 11.4 Å². The molecule has 0 fully saturated rings. The summed E-state index contributed by atoms with van der Waals surface area (Å²) in [5.74, 6) is -0.676. The molecule has 7 nitrogen and oxygen atoms in total. The van der Waals surface area contributed by atoms with Gasteiger partial charge < -0.3 is 15.8 Å². The van der Waals surface area contributed by atoms with Crippen LogP contribution in [0.3, 0.4) is 0 Å². The summed E-state index contributed by atoms with van der Waals surface area (Å²) in [5.41, 5.74) is 8.73. The van der Waals surface area contributed by atoms with Gasteiger partial charge in [-0.15, -0.1) is 0 Å². The topological polar surface area (TPSA) is 99.2 Å². The average Bonchev–Trinajstić information content (AvgIpc) is 3.05. The van der Waals surface area contributed by atoms with E-state index in [9.17, 15) is 9.59 Å². The van der Waals surface area contributed by atoms with E-state index >= 15 is 0 Å². The van der Waals surface area contributed by atoms with Gasteiger partial charge in [0.2, 0.25) is 0 Å². The number of anilines is 2. The van der Waals surface area contributed by atoms with E-state index in [0.29, 0.717) is 22.0 Å². The molecular weight excluding hydrogens is 368 g/mol. The van der Waals surface area contributed by atoms with Crippen LogP contribution in [-0.4, -0.2) is 28.8 Å². The predicted molar refractivity (Wildman–Crippen MR) is 103 cm³/mol. The van der Waals surface area contributed by atoms with Crippen LogP contribution in [-0.2, 0) is 4.74 Å². The van der Waals surface area contributed by atoms with Gasteiger partial charge in [-0.3, -0.25) is 4.79 Å². The summed E-state index contributed by atoms with van der Waals surface area (Å²) < 4.78 is 6.05. The molecule has 0 aliphatic heterocycles. The Labute approximate surface area is 160 Å². The first-order chi connectivity index (χ1) is 12.9. The molecule has 0 aliphatic carbocycles. The number of benzene rings is 2. The number of hydrogen-bond donors (Lipinski definition) is 2. The first-order valence-corrected chi connectivity index (χ1v) is 8.38. The molecule has 1 heterocycles. The highest BCUT2D eigenvalue weighted by molar-refractivity contribution is 6.31. The van der Waals surface area contributed by atoms with Crippen molar-refractivity contribution in [1.29, 1.82) is 0 Å². The zero-order chi connectivity index (χ0) is 19.6. The predicted octanol–water partition coefficient (Wildman–Crippen LogP) is 3.46. The second kappa shape index (κ2) is 7.51. The first-order valence-electron chi connectivity index (χ1n) is 8.00. The van der Waals surface area contributed by atoms with Gasteiger partial charge in [-0.05, 0) is 48.9 Å². The van der Waals surface area contributed by atoms with E-state index in [0.717, 1.165) is 5.56 Å². The molecule has 1 aromatic heterocycles. The lowest BCUT2D eigenvalue weighted by atomic mass is 10.1. The molecule has 8 heteroatoms. The number of esters is 1. The Morgan fingerprint density at radius 2 is 1.89 bits per heavy atom. The Morgan fingerprint density at radius 3 is 2.52 bits per heavy atom. The fourth-order valence-corrected chi connectivity index (χ4v) is 2.64. The molecule has 2 aromatic carbocycles. The van der Waals surface area contributed by atoms with Crippen LogP contribution in [0.2, 0.25) is 5.02 Å². The third-order valence-electron chi connectivity index (χ3n) is 4.02. The summed E-state index contributed by atoms with van der Waals surface area (Å²) in [7, 11) is 1.27. The molecule has 0 radical (unpaired) electrons. The standard InChI is InChI=1S/C19H17ClN4O3/c1-11-3-6-13(9-16(11)20)23-18(25)12-4-7-14(8-5-12)24-17(21)15(10-22-24)19(26)27-2/h3-10H,21H2,1-2H3,(H,23,25). The largest absolute Gasteiger partial charge is 0.465 e. The van der Waals surface area contributed by atoms with Crippen molar-refractivity contribution in [1.82, 2.24) is 9.78 Å². The molecule has 0 saturated carbocycles. The van der Waals surface area contributed by atoms with Crippen LogP contribution in [0.1, 0.15) is 26.3 Å². The first kappa shape index (κ1) is 18.5. The van der Waals surface area contributed by atoms with Gasteiger partial charge in [-0.1, -0.05) is 17.7 Å². The Balaban J connectivity index is 1.79. The summed E-state index contributed by atoms with van der Waals surface area (Å²) in [6.45, 7) is 1.89. The molecule has 0 unspecified atom stereocenters. The number of aromatic nitrogens is 2. The monoisotopic (exact) mass is 384 g/mol. The number of nitrogen functional groups attached to an aromatic ring is 1. The van der Waals surface area contributed by atoms with Crippen molar-refractivity contribution >= 4 is 35.0 Å². The highest BCUT2D eigenvalue weighted by Gasteiger charge is 2.16. The number of amides is 1. The van der Waals surface area contributed by atoms with Crippen molar-refractivity contribution in [3.8, 4) is 5.69 Å². The summed E-state index contributed by atoms with van der Waals surface area (Å²) >= 11 is 6.08. The summed E-state index contributed by atoms with van der Waals surface area (Å²) in [4.78, 5) is 24.0. The minimum absolute atomic E-state index is 0.161. The maximum absolute atomic E-state index is 12.4. The minimum atomic E-state index is -0.563. The molecule has 0 bridgehead atoms. The van der Waals surface area contributed by atoms with Crippen molar-refractivity contribution in [2.75, 3.05) is 18.2 Å². The molecule has 27 heavy (non-hydrogen) atoms.